The van der Waals surface area contributed by atoms with E-state index >= 15 is 0 Å². The second-order valence-corrected chi connectivity index (χ2v) is 11.3. The Morgan fingerprint density at radius 1 is 1.12 bits per heavy atom. The van der Waals surface area contributed by atoms with E-state index in [2.05, 4.69) is 17.2 Å². The Hall–Kier alpha value is -1.51. The highest BCUT2D eigenvalue weighted by Gasteiger charge is 2.60. The highest BCUT2D eigenvalue weighted by Crippen LogP contribution is 2.62. The Labute approximate surface area is 189 Å². The summed E-state index contributed by atoms with van der Waals surface area (Å²) >= 11 is 0. The monoisotopic (exact) mass is 477 g/mol. The molecule has 5 unspecified atom stereocenters. The van der Waals surface area contributed by atoms with Gasteiger partial charge in [-0.1, -0.05) is 32.4 Å². The molecule has 2 fully saturated rings. The van der Waals surface area contributed by atoms with E-state index in [1.54, 1.807) is 0 Å². The number of piperidine rings is 1. The molecule has 0 N–H and O–H groups in total. The van der Waals surface area contributed by atoms with Crippen LogP contribution in [0.2, 0.25) is 0 Å². The second kappa shape index (κ2) is 8.37. The molecule has 2 heterocycles. The van der Waals surface area contributed by atoms with Gasteiger partial charge in [0.25, 0.3) is 0 Å². The zero-order valence-corrected chi connectivity index (χ0v) is 20.3. The molecule has 1 amide bonds. The predicted molar refractivity (Wildman–Crippen MR) is 116 cm³/mol. The minimum Gasteiger partial charge on any atom is -0.380 e. The highest BCUT2D eigenvalue weighted by atomic mass is 32.2. The maximum atomic E-state index is 12.9. The van der Waals surface area contributed by atoms with E-state index in [-0.39, 0.29) is 35.0 Å². The van der Waals surface area contributed by atoms with Gasteiger partial charge in [-0.2, -0.15) is 21.6 Å². The van der Waals surface area contributed by atoms with Crippen molar-refractivity contribution < 1.29 is 30.6 Å². The smallest absolute Gasteiger partial charge is 0.380 e. The van der Waals surface area contributed by atoms with Crippen molar-refractivity contribution in [3.63, 3.8) is 0 Å². The normalized spacial score (nSPS) is 37.1. The molecule has 32 heavy (non-hydrogen) atoms. The van der Waals surface area contributed by atoms with E-state index in [1.165, 1.54) is 6.08 Å². The van der Waals surface area contributed by atoms with Crippen LogP contribution in [-0.4, -0.2) is 36.8 Å². The van der Waals surface area contributed by atoms with Crippen molar-refractivity contribution in [2.75, 3.05) is 6.54 Å². The maximum Gasteiger partial charge on any atom is 0.534 e. The van der Waals surface area contributed by atoms with E-state index in [4.69, 9.17) is 0 Å². The van der Waals surface area contributed by atoms with Gasteiger partial charge in [-0.25, -0.2) is 0 Å². The molecule has 4 rings (SSSR count). The maximum absolute atomic E-state index is 12.9. The minimum atomic E-state index is -5.68. The minimum absolute atomic E-state index is 0.0112. The lowest BCUT2D eigenvalue weighted by atomic mass is 9.53. The lowest BCUT2D eigenvalue weighted by Crippen LogP contribution is -2.62. The number of carbonyl (C=O) groups is 1. The molecule has 0 spiro atoms. The van der Waals surface area contributed by atoms with Crippen LogP contribution in [-0.2, 0) is 19.1 Å². The SMILES string of the molecule is CC.CC1=CCC2(C)C3CCC4(C)C(OS(=O)(=O)C(F)(F)F)=CCC4C3CCN2C(=O)C1. The lowest BCUT2D eigenvalue weighted by Gasteiger charge is -2.59. The van der Waals surface area contributed by atoms with Crippen LogP contribution in [0.5, 0.6) is 0 Å². The summed E-state index contributed by atoms with van der Waals surface area (Å²) in [5, 5.41) is 0. The fourth-order valence-electron chi connectivity index (χ4n) is 6.48. The molecule has 0 bridgehead atoms. The van der Waals surface area contributed by atoms with Gasteiger partial charge in [0.05, 0.1) is 0 Å². The van der Waals surface area contributed by atoms with Crippen LogP contribution in [0.15, 0.2) is 23.5 Å². The summed E-state index contributed by atoms with van der Waals surface area (Å²) in [7, 11) is -5.68. The number of carbonyl (C=O) groups excluding carboxylic acids is 1. The molecular weight excluding hydrogens is 443 g/mol. The van der Waals surface area contributed by atoms with Gasteiger partial charge in [0, 0.05) is 23.9 Å². The number of amides is 1. The number of alkyl halides is 3. The first-order chi connectivity index (χ1) is 14.8. The molecule has 0 radical (unpaired) electrons. The molecule has 9 heteroatoms. The highest BCUT2D eigenvalue weighted by molar-refractivity contribution is 7.87. The van der Waals surface area contributed by atoms with Crippen molar-refractivity contribution in [3.8, 4) is 0 Å². The fourth-order valence-corrected chi connectivity index (χ4v) is 7.07. The van der Waals surface area contributed by atoms with Gasteiger partial charge in [-0.3, -0.25) is 4.79 Å². The Kier molecular flexibility index (Phi) is 6.57. The number of nitrogens with zero attached hydrogens (tertiary/aromatic N) is 1. The van der Waals surface area contributed by atoms with Crippen LogP contribution in [0.1, 0.15) is 73.1 Å². The topological polar surface area (TPSA) is 63.7 Å². The Morgan fingerprint density at radius 2 is 1.78 bits per heavy atom. The van der Waals surface area contributed by atoms with Crippen LogP contribution in [0, 0.1) is 23.2 Å². The zero-order valence-electron chi connectivity index (χ0n) is 19.5. The molecule has 0 aromatic heterocycles. The lowest BCUT2D eigenvalue weighted by molar-refractivity contribution is -0.150. The average molecular weight is 478 g/mol. The van der Waals surface area contributed by atoms with Gasteiger partial charge >= 0.3 is 15.6 Å². The van der Waals surface area contributed by atoms with Crippen molar-refractivity contribution in [1.29, 1.82) is 0 Å². The van der Waals surface area contributed by atoms with Gasteiger partial charge in [0.2, 0.25) is 5.91 Å². The van der Waals surface area contributed by atoms with Crippen LogP contribution < -0.4 is 0 Å². The van der Waals surface area contributed by atoms with Crippen LogP contribution in [0.3, 0.4) is 0 Å². The van der Waals surface area contributed by atoms with E-state index in [0.717, 1.165) is 24.8 Å². The molecule has 2 aliphatic carbocycles. The Bertz CT molecular complexity index is 926. The van der Waals surface area contributed by atoms with E-state index in [1.807, 2.05) is 32.6 Å². The summed E-state index contributed by atoms with van der Waals surface area (Å²) in [6.45, 7) is 10.6. The van der Waals surface area contributed by atoms with Gasteiger partial charge in [0.15, 0.2) is 0 Å². The first-order valence-electron chi connectivity index (χ1n) is 11.5. The van der Waals surface area contributed by atoms with Crippen molar-refractivity contribution in [2.24, 2.45) is 23.2 Å². The second-order valence-electron chi connectivity index (χ2n) is 9.74. The van der Waals surface area contributed by atoms with Crippen molar-refractivity contribution in [3.05, 3.63) is 23.5 Å². The summed E-state index contributed by atoms with van der Waals surface area (Å²) in [6.07, 6.45) is 7.42. The third kappa shape index (κ3) is 3.88. The van der Waals surface area contributed by atoms with Crippen molar-refractivity contribution in [1.82, 2.24) is 4.90 Å². The molecule has 0 aromatic carbocycles. The van der Waals surface area contributed by atoms with E-state index in [9.17, 15) is 26.4 Å². The molecule has 2 aliphatic heterocycles. The van der Waals surface area contributed by atoms with E-state index < -0.39 is 21.0 Å². The molecular formula is C23H34F3NO4S. The van der Waals surface area contributed by atoms with Gasteiger partial charge < -0.3 is 9.08 Å². The van der Waals surface area contributed by atoms with Crippen LogP contribution in [0.25, 0.3) is 0 Å². The van der Waals surface area contributed by atoms with E-state index in [0.29, 0.717) is 25.8 Å². The van der Waals surface area contributed by atoms with Gasteiger partial charge in [0.1, 0.15) is 5.76 Å². The van der Waals surface area contributed by atoms with Crippen molar-refractivity contribution >= 4 is 16.0 Å². The third-order valence-corrected chi connectivity index (χ3v) is 9.09. The Balaban J connectivity index is 0.00000141. The summed E-state index contributed by atoms with van der Waals surface area (Å²) in [5.74, 6) is 0.513. The molecule has 5 nitrogen and oxygen atoms in total. The molecule has 182 valence electrons. The Morgan fingerprint density at radius 3 is 2.41 bits per heavy atom. The number of halogens is 3. The fraction of sp³-hybridized carbons (Fsp3) is 0.783. The summed E-state index contributed by atoms with van der Waals surface area (Å²) in [4.78, 5) is 14.8. The number of hydrogen-bond donors (Lipinski definition) is 0. The summed E-state index contributed by atoms with van der Waals surface area (Å²) < 4.78 is 66.4. The van der Waals surface area contributed by atoms with Crippen molar-refractivity contribution in [2.45, 2.75) is 84.2 Å². The zero-order chi connectivity index (χ0) is 24.1. The first kappa shape index (κ1) is 25.1. The summed E-state index contributed by atoms with van der Waals surface area (Å²) in [6, 6.07) is 0. The predicted octanol–water partition coefficient (Wildman–Crippen LogP) is 5.55. The molecule has 0 aromatic rings. The summed E-state index contributed by atoms with van der Waals surface area (Å²) in [5.41, 5.74) is -5.42. The standard InChI is InChI=1S/C21H28F3NO4S.C2H6/c1-13-6-10-20(3)16-7-9-19(2)15(14(16)8-11-25(20)18(26)12-13)4-5-17(19)29-30(27,28)21(22,23)24;1-2/h5-6,14-16H,4,7-12H2,1-3H3;1-2H3. The molecule has 1 saturated carbocycles. The largest absolute Gasteiger partial charge is 0.534 e. The quantitative estimate of drug-likeness (QED) is 0.297. The van der Waals surface area contributed by atoms with Crippen LogP contribution in [0.4, 0.5) is 13.2 Å². The van der Waals surface area contributed by atoms with Gasteiger partial charge in [-0.05, 0) is 69.8 Å². The number of hydrogen-bond acceptors (Lipinski definition) is 4. The van der Waals surface area contributed by atoms with Crippen LogP contribution >= 0.6 is 0 Å². The number of fused-ring (bicyclic) bond motifs is 5. The molecule has 4 aliphatic rings. The number of allylic oxidation sites excluding steroid dienone is 2. The van der Waals surface area contributed by atoms with Gasteiger partial charge in [-0.15, -0.1) is 0 Å². The third-order valence-electron chi connectivity index (χ3n) is 8.13. The number of rotatable bonds is 2. The molecule has 1 saturated heterocycles. The first-order valence-corrected chi connectivity index (χ1v) is 12.9. The molecule has 5 atom stereocenters. The average Bonchev–Trinajstić information content (AvgIpc) is 2.97.